The lowest BCUT2D eigenvalue weighted by Gasteiger charge is -2.38. The van der Waals surface area contributed by atoms with Crippen LogP contribution in [0.15, 0.2) is 52.8 Å². The van der Waals surface area contributed by atoms with Crippen LogP contribution in [-0.4, -0.2) is 28.6 Å². The maximum atomic E-state index is 8.34. The molecular formula is C28H36N8S. The van der Waals surface area contributed by atoms with Crippen LogP contribution in [0.5, 0.6) is 0 Å². The first-order chi connectivity index (χ1) is 18.0. The average molecular weight is 517 g/mol. The number of rotatable bonds is 9. The summed E-state index contributed by atoms with van der Waals surface area (Å²) < 4.78 is 0. The molecule has 2 fully saturated rings. The summed E-state index contributed by atoms with van der Waals surface area (Å²) in [6.07, 6.45) is 8.77. The van der Waals surface area contributed by atoms with Crippen molar-refractivity contribution in [1.82, 2.24) is 10.2 Å². The smallest absolute Gasteiger partial charge is 0.210 e. The quantitative estimate of drug-likeness (QED) is 0.0909. The monoisotopic (exact) mass is 516 g/mol. The lowest BCUT2D eigenvalue weighted by molar-refractivity contribution is 0.401. The molecule has 0 radical (unpaired) electrons. The van der Waals surface area contributed by atoms with Crippen LogP contribution in [-0.2, 0) is 0 Å². The molecule has 0 aliphatic heterocycles. The molecule has 2 aliphatic carbocycles. The summed E-state index contributed by atoms with van der Waals surface area (Å²) in [5, 5.41) is 30.0. The van der Waals surface area contributed by atoms with Crippen LogP contribution in [0, 0.1) is 11.3 Å². The molecule has 8 nitrogen and oxygen atoms in total. The van der Waals surface area contributed by atoms with E-state index in [0.717, 1.165) is 33.5 Å². The lowest BCUT2D eigenvalue weighted by Crippen LogP contribution is -2.39. The lowest BCUT2D eigenvalue weighted by atomic mass is 9.92. The first-order valence-corrected chi connectivity index (χ1v) is 14.2. The van der Waals surface area contributed by atoms with Crippen molar-refractivity contribution in [2.75, 3.05) is 16.8 Å². The van der Waals surface area contributed by atoms with E-state index < -0.39 is 0 Å². The topological polar surface area (TPSA) is 116 Å². The molecule has 0 atom stereocenters. The minimum absolute atomic E-state index is 0.0403. The zero-order valence-corrected chi connectivity index (χ0v) is 22.5. The molecule has 1 heterocycles. The second-order valence-electron chi connectivity index (χ2n) is 10.5. The predicted molar refractivity (Wildman–Crippen MR) is 152 cm³/mol. The van der Waals surface area contributed by atoms with Crippen molar-refractivity contribution in [1.29, 1.82) is 5.41 Å². The predicted octanol–water partition coefficient (Wildman–Crippen LogP) is 7.27. The summed E-state index contributed by atoms with van der Waals surface area (Å²) >= 11 is 1.66. The normalized spacial score (nSPS) is 16.4. The molecule has 9 heteroatoms. The fourth-order valence-electron chi connectivity index (χ4n) is 5.23. The fraction of sp³-hybridized carbons (Fsp3) is 0.464. The molecule has 0 bridgehead atoms. The van der Waals surface area contributed by atoms with Crippen LogP contribution in [0.3, 0.4) is 0 Å². The van der Waals surface area contributed by atoms with Crippen LogP contribution in [0.25, 0.3) is 11.1 Å². The molecular weight excluding hydrogens is 480 g/mol. The zero-order valence-electron chi connectivity index (χ0n) is 21.7. The molecule has 2 saturated carbocycles. The van der Waals surface area contributed by atoms with Gasteiger partial charge in [0.05, 0.1) is 11.4 Å². The minimum Gasteiger partial charge on any atom is -0.367 e. The molecule has 2 aliphatic rings. The Kier molecular flexibility index (Phi) is 7.79. The van der Waals surface area contributed by atoms with Crippen LogP contribution in [0.4, 0.5) is 16.5 Å². The van der Waals surface area contributed by atoms with E-state index in [0.29, 0.717) is 23.4 Å². The van der Waals surface area contributed by atoms with E-state index in [4.69, 9.17) is 11.3 Å². The Labute approximate surface area is 222 Å². The Balaban J connectivity index is 1.57. The Morgan fingerprint density at radius 1 is 1.11 bits per heavy atom. The van der Waals surface area contributed by atoms with Gasteiger partial charge in [-0.25, -0.2) is 0 Å². The van der Waals surface area contributed by atoms with E-state index in [1.54, 1.807) is 11.3 Å². The van der Waals surface area contributed by atoms with Crippen molar-refractivity contribution in [3.05, 3.63) is 53.0 Å². The molecule has 3 aromatic rings. The van der Waals surface area contributed by atoms with Crippen LogP contribution in [0.2, 0.25) is 0 Å². The highest BCUT2D eigenvalue weighted by atomic mass is 32.1. The second-order valence-corrected chi connectivity index (χ2v) is 11.5. The third kappa shape index (κ3) is 5.98. The van der Waals surface area contributed by atoms with E-state index >= 15 is 0 Å². The first kappa shape index (κ1) is 25.3. The number of nitrogens with one attached hydrogen (secondary N) is 2. The largest absolute Gasteiger partial charge is 0.367 e. The van der Waals surface area contributed by atoms with Gasteiger partial charge in [0.1, 0.15) is 5.01 Å². The number of amidine groups is 1. The number of hydrogen-bond donors (Lipinski definition) is 3. The standard InChI is InChI=1S/C28H36N8S/c1-18(2)17-36(21-8-4-3-5-9-21)25-15-14-20(22-10-6-7-11-23(22)26(29)32-35-30)16-24(25)31-28-34-33-27(37-28)19-12-13-19/h6-7,10-11,14-16,18-19,21H,3-5,8-9,12-13,17H2,1-2H3,(H,31,34)(H3,29,30,32). The molecule has 0 spiro atoms. The van der Waals surface area contributed by atoms with Gasteiger partial charge in [0.15, 0.2) is 5.84 Å². The number of nitrogens with zero attached hydrogens (tertiary/aromatic N) is 5. The van der Waals surface area contributed by atoms with E-state index in [1.165, 1.54) is 50.6 Å². The van der Waals surface area contributed by atoms with Gasteiger partial charge in [-0.2, -0.15) is 0 Å². The Morgan fingerprint density at radius 3 is 2.62 bits per heavy atom. The van der Waals surface area contributed by atoms with E-state index in [-0.39, 0.29) is 5.84 Å². The number of anilines is 3. The molecule has 0 unspecified atom stereocenters. The minimum atomic E-state index is 0.0403. The first-order valence-electron chi connectivity index (χ1n) is 13.3. The summed E-state index contributed by atoms with van der Waals surface area (Å²) in [5.41, 5.74) is 4.82. The van der Waals surface area contributed by atoms with Crippen molar-refractivity contribution >= 4 is 33.7 Å². The highest BCUT2D eigenvalue weighted by molar-refractivity contribution is 7.15. The van der Waals surface area contributed by atoms with Crippen molar-refractivity contribution < 1.29 is 0 Å². The fourth-order valence-corrected chi connectivity index (χ4v) is 6.16. The molecule has 37 heavy (non-hydrogen) atoms. The Morgan fingerprint density at radius 2 is 1.89 bits per heavy atom. The van der Waals surface area contributed by atoms with Crippen molar-refractivity contribution in [3.63, 3.8) is 0 Å². The van der Waals surface area contributed by atoms with Gasteiger partial charge < -0.3 is 16.1 Å². The third-order valence-corrected chi connectivity index (χ3v) is 8.14. The van der Waals surface area contributed by atoms with E-state index in [9.17, 15) is 0 Å². The van der Waals surface area contributed by atoms with Gasteiger partial charge in [-0.15, -0.1) is 15.3 Å². The van der Waals surface area contributed by atoms with Crippen LogP contribution in [0.1, 0.15) is 75.3 Å². The van der Waals surface area contributed by atoms with Crippen molar-refractivity contribution in [2.45, 2.75) is 70.8 Å². The number of benzene rings is 2. The molecule has 2 aromatic carbocycles. The van der Waals surface area contributed by atoms with Gasteiger partial charge in [-0.3, -0.25) is 5.41 Å². The number of nitrogens with two attached hydrogens (primary N) is 1. The summed E-state index contributed by atoms with van der Waals surface area (Å²) in [6.45, 7) is 5.58. The summed E-state index contributed by atoms with van der Waals surface area (Å²) in [4.78, 5) is 2.61. The van der Waals surface area contributed by atoms with Gasteiger partial charge in [-0.05, 0) is 54.9 Å². The molecule has 0 amide bonds. The molecule has 0 saturated heterocycles. The third-order valence-electron chi connectivity index (χ3n) is 7.14. The van der Waals surface area contributed by atoms with Gasteiger partial charge in [-0.1, -0.05) is 80.0 Å². The maximum absolute atomic E-state index is 8.34. The van der Waals surface area contributed by atoms with Gasteiger partial charge in [0.2, 0.25) is 5.13 Å². The van der Waals surface area contributed by atoms with E-state index in [2.05, 4.69) is 62.8 Å². The van der Waals surface area contributed by atoms with Crippen LogP contribution >= 0.6 is 11.3 Å². The summed E-state index contributed by atoms with van der Waals surface area (Å²) in [6, 6.07) is 14.9. The second kappa shape index (κ2) is 11.4. The molecule has 194 valence electrons. The summed E-state index contributed by atoms with van der Waals surface area (Å²) in [5.74, 6) is 6.41. The SMILES string of the molecule is CC(C)CN(c1ccc(-c2ccccc2C(=N)N=NN)cc1Nc1nnc(C2CC2)s1)C1CCCCC1. The number of hydrogen-bond acceptors (Lipinski definition) is 7. The van der Waals surface area contributed by atoms with Gasteiger partial charge in [0, 0.05) is 24.1 Å². The van der Waals surface area contributed by atoms with Crippen molar-refractivity contribution in [2.24, 2.45) is 22.1 Å². The van der Waals surface area contributed by atoms with Crippen molar-refractivity contribution in [3.8, 4) is 11.1 Å². The van der Waals surface area contributed by atoms with Gasteiger partial charge >= 0.3 is 0 Å². The highest BCUT2D eigenvalue weighted by Gasteiger charge is 2.28. The average Bonchev–Trinajstić information content (AvgIpc) is 3.66. The number of aromatic nitrogens is 2. The van der Waals surface area contributed by atoms with Gasteiger partial charge in [0.25, 0.3) is 0 Å². The van der Waals surface area contributed by atoms with E-state index in [1.807, 2.05) is 24.3 Å². The zero-order chi connectivity index (χ0) is 25.8. The summed E-state index contributed by atoms with van der Waals surface area (Å²) in [7, 11) is 0. The Bertz CT molecular complexity index is 1260. The Hall–Kier alpha value is -3.33. The maximum Gasteiger partial charge on any atom is 0.210 e. The highest BCUT2D eigenvalue weighted by Crippen LogP contribution is 2.43. The molecule has 1 aromatic heterocycles. The van der Waals surface area contributed by atoms with Crippen LogP contribution < -0.4 is 16.1 Å². The molecule has 4 N–H and O–H groups in total. The molecule has 5 rings (SSSR count).